The van der Waals surface area contributed by atoms with Crippen LogP contribution in [0.5, 0.6) is 0 Å². The van der Waals surface area contributed by atoms with E-state index in [1.807, 2.05) is 0 Å². The summed E-state index contributed by atoms with van der Waals surface area (Å²) in [6.07, 6.45) is 3.88. The number of hydrogen-bond donors (Lipinski definition) is 0. The van der Waals surface area contributed by atoms with Crippen molar-refractivity contribution in [2.45, 2.75) is 0 Å². The van der Waals surface area contributed by atoms with Crippen LogP contribution in [0.3, 0.4) is 0 Å². The van der Waals surface area contributed by atoms with Crippen LogP contribution in [0.1, 0.15) is 10.4 Å². The maximum atomic E-state index is 10.6. The van der Waals surface area contributed by atoms with Crippen LogP contribution in [-0.2, 0) is 0 Å². The number of pyridine rings is 1. The highest BCUT2D eigenvalue weighted by Gasteiger charge is 2.02. The Labute approximate surface area is 74.2 Å². The van der Waals surface area contributed by atoms with E-state index in [2.05, 4.69) is 9.94 Å². The third kappa shape index (κ3) is 1.07. The van der Waals surface area contributed by atoms with Gasteiger partial charge >= 0.3 is 0 Å². The molecule has 0 fully saturated rings. The summed E-state index contributed by atoms with van der Waals surface area (Å²) in [5.41, 5.74) is 1.69. The molecular formula is C9H5N3O. The van der Waals surface area contributed by atoms with E-state index in [4.69, 9.17) is 6.57 Å². The fourth-order valence-corrected chi connectivity index (χ4v) is 1.15. The minimum absolute atomic E-state index is 0.505. The van der Waals surface area contributed by atoms with Crippen LogP contribution in [0.4, 0.5) is 5.69 Å². The van der Waals surface area contributed by atoms with Crippen LogP contribution in [0.25, 0.3) is 10.4 Å². The Bertz CT molecular complexity index is 507. The lowest BCUT2D eigenvalue weighted by atomic mass is 10.3. The summed E-state index contributed by atoms with van der Waals surface area (Å²) in [6, 6.07) is 3.30. The van der Waals surface area contributed by atoms with Crippen LogP contribution in [0.2, 0.25) is 0 Å². The standard InChI is InChI=1S/C9H5N3O/c1-10-8-2-3-12-9(4-8)7(6-13)5-11-12/h2-6H. The zero-order valence-corrected chi connectivity index (χ0v) is 6.64. The van der Waals surface area contributed by atoms with Crippen molar-refractivity contribution in [1.29, 1.82) is 0 Å². The first-order valence-corrected chi connectivity index (χ1v) is 3.65. The van der Waals surface area contributed by atoms with E-state index < -0.39 is 0 Å². The van der Waals surface area contributed by atoms with Gasteiger partial charge in [0.25, 0.3) is 0 Å². The molecular weight excluding hydrogens is 166 g/mol. The summed E-state index contributed by atoms with van der Waals surface area (Å²) in [5, 5.41) is 3.95. The van der Waals surface area contributed by atoms with Crippen molar-refractivity contribution in [3.63, 3.8) is 0 Å². The fourth-order valence-electron chi connectivity index (χ4n) is 1.15. The maximum Gasteiger partial charge on any atom is 0.190 e. The zero-order valence-electron chi connectivity index (χ0n) is 6.64. The highest BCUT2D eigenvalue weighted by molar-refractivity contribution is 5.86. The van der Waals surface area contributed by atoms with Gasteiger partial charge in [-0.15, -0.1) is 0 Å². The van der Waals surface area contributed by atoms with E-state index in [9.17, 15) is 4.79 Å². The Morgan fingerprint density at radius 2 is 2.46 bits per heavy atom. The third-order valence-corrected chi connectivity index (χ3v) is 1.79. The molecule has 2 aromatic rings. The van der Waals surface area contributed by atoms with E-state index in [0.717, 1.165) is 6.29 Å². The predicted octanol–water partition coefficient (Wildman–Crippen LogP) is 1.70. The SMILES string of the molecule is [C-]#[N+]c1ccn2ncc(C=O)c2c1. The number of carbonyl (C=O) groups excluding carboxylic acids is 1. The largest absolute Gasteiger partial charge is 0.298 e. The second kappa shape index (κ2) is 2.72. The molecule has 2 rings (SSSR count). The molecule has 0 saturated heterocycles. The smallest absolute Gasteiger partial charge is 0.190 e. The van der Waals surface area contributed by atoms with Gasteiger partial charge in [-0.2, -0.15) is 5.10 Å². The van der Waals surface area contributed by atoms with Crippen molar-refractivity contribution in [2.24, 2.45) is 0 Å². The first kappa shape index (κ1) is 7.50. The lowest BCUT2D eigenvalue weighted by Gasteiger charge is -1.93. The van der Waals surface area contributed by atoms with Crippen molar-refractivity contribution in [2.75, 3.05) is 0 Å². The normalized spacial score (nSPS) is 9.77. The molecule has 0 aliphatic heterocycles. The molecule has 4 nitrogen and oxygen atoms in total. The molecule has 0 unspecified atom stereocenters. The Hall–Kier alpha value is -2.15. The van der Waals surface area contributed by atoms with Crippen LogP contribution in [0.15, 0.2) is 24.5 Å². The molecule has 2 aromatic heterocycles. The number of rotatable bonds is 1. The molecule has 0 bridgehead atoms. The third-order valence-electron chi connectivity index (χ3n) is 1.79. The van der Waals surface area contributed by atoms with Gasteiger partial charge in [0.2, 0.25) is 0 Å². The molecule has 0 atom stereocenters. The van der Waals surface area contributed by atoms with Gasteiger partial charge in [0, 0.05) is 6.20 Å². The van der Waals surface area contributed by atoms with E-state index in [-0.39, 0.29) is 0 Å². The fraction of sp³-hybridized carbons (Fsp3) is 0. The molecule has 0 N–H and O–H groups in total. The summed E-state index contributed by atoms with van der Waals surface area (Å²) in [7, 11) is 0. The second-order valence-electron chi connectivity index (χ2n) is 2.54. The van der Waals surface area contributed by atoms with Gasteiger partial charge in [0.15, 0.2) is 12.0 Å². The molecule has 0 radical (unpaired) electrons. The summed E-state index contributed by atoms with van der Waals surface area (Å²) < 4.78 is 1.57. The summed E-state index contributed by atoms with van der Waals surface area (Å²) in [4.78, 5) is 13.8. The molecule has 62 valence electrons. The molecule has 0 saturated carbocycles. The van der Waals surface area contributed by atoms with E-state index in [1.165, 1.54) is 6.20 Å². The summed E-state index contributed by atoms with van der Waals surface area (Å²) in [5.74, 6) is 0. The summed E-state index contributed by atoms with van der Waals surface area (Å²) in [6.45, 7) is 6.81. The van der Waals surface area contributed by atoms with Gasteiger partial charge < -0.3 is 0 Å². The monoisotopic (exact) mass is 171 g/mol. The average molecular weight is 171 g/mol. The first-order valence-electron chi connectivity index (χ1n) is 3.65. The number of carbonyl (C=O) groups is 1. The van der Waals surface area contributed by atoms with E-state index in [1.54, 1.807) is 22.8 Å². The topological polar surface area (TPSA) is 38.7 Å². The van der Waals surface area contributed by atoms with Gasteiger partial charge in [0.1, 0.15) is 0 Å². The number of aldehydes is 1. The van der Waals surface area contributed by atoms with Gasteiger partial charge in [-0.3, -0.25) is 4.79 Å². The zero-order chi connectivity index (χ0) is 9.26. The lowest BCUT2D eigenvalue weighted by Crippen LogP contribution is -1.84. The van der Waals surface area contributed by atoms with Crippen molar-refractivity contribution in [3.05, 3.63) is 41.5 Å². The van der Waals surface area contributed by atoms with Crippen LogP contribution < -0.4 is 0 Å². The van der Waals surface area contributed by atoms with Crippen molar-refractivity contribution in [1.82, 2.24) is 9.61 Å². The number of hydrogen-bond acceptors (Lipinski definition) is 2. The molecule has 0 amide bonds. The van der Waals surface area contributed by atoms with E-state index >= 15 is 0 Å². The van der Waals surface area contributed by atoms with Gasteiger partial charge in [-0.25, -0.2) is 9.36 Å². The Morgan fingerprint density at radius 1 is 1.62 bits per heavy atom. The Balaban J connectivity index is 2.80. The number of nitrogens with zero attached hydrogens (tertiary/aromatic N) is 3. The summed E-state index contributed by atoms with van der Waals surface area (Å²) >= 11 is 0. The molecule has 13 heavy (non-hydrogen) atoms. The first-order chi connectivity index (χ1) is 6.35. The maximum absolute atomic E-state index is 10.6. The predicted molar refractivity (Wildman–Crippen MR) is 46.8 cm³/mol. The molecule has 0 aromatic carbocycles. The van der Waals surface area contributed by atoms with Crippen molar-refractivity contribution in [3.8, 4) is 0 Å². The molecule has 0 aliphatic carbocycles. The highest BCUT2D eigenvalue weighted by Crippen LogP contribution is 2.16. The quantitative estimate of drug-likeness (QED) is 0.483. The molecule has 0 aliphatic rings. The Kier molecular flexibility index (Phi) is 1.57. The van der Waals surface area contributed by atoms with E-state index in [0.29, 0.717) is 16.8 Å². The minimum atomic E-state index is 0.505. The average Bonchev–Trinajstić information content (AvgIpc) is 2.59. The molecule has 0 spiro atoms. The van der Waals surface area contributed by atoms with Gasteiger partial charge in [-0.05, 0) is 12.1 Å². The second-order valence-corrected chi connectivity index (χ2v) is 2.54. The van der Waals surface area contributed by atoms with Crippen LogP contribution in [0, 0.1) is 6.57 Å². The number of aromatic nitrogens is 2. The minimum Gasteiger partial charge on any atom is -0.298 e. The van der Waals surface area contributed by atoms with Crippen molar-refractivity contribution >= 4 is 17.5 Å². The van der Waals surface area contributed by atoms with Crippen LogP contribution >= 0.6 is 0 Å². The van der Waals surface area contributed by atoms with Crippen LogP contribution in [-0.4, -0.2) is 15.9 Å². The highest BCUT2D eigenvalue weighted by atomic mass is 16.1. The van der Waals surface area contributed by atoms with Crippen molar-refractivity contribution < 1.29 is 4.79 Å². The molecule has 4 heteroatoms. The molecule has 2 heterocycles. The Morgan fingerprint density at radius 3 is 3.15 bits per heavy atom. The number of fused-ring (bicyclic) bond motifs is 1. The van der Waals surface area contributed by atoms with Gasteiger partial charge in [0.05, 0.1) is 23.8 Å². The van der Waals surface area contributed by atoms with Gasteiger partial charge in [-0.1, -0.05) is 0 Å². The lowest BCUT2D eigenvalue weighted by molar-refractivity contribution is 0.112.